The van der Waals surface area contributed by atoms with Gasteiger partial charge in [-0.3, -0.25) is 4.57 Å². The number of rotatable bonds is 7. The fraction of sp³-hybridized carbons (Fsp3) is 0. The van der Waals surface area contributed by atoms with Gasteiger partial charge < -0.3 is 0 Å². The largest absolute Gasteiger partial charge is 0.278 e. The summed E-state index contributed by atoms with van der Waals surface area (Å²) >= 11 is 1.87. The van der Waals surface area contributed by atoms with Crippen molar-refractivity contribution >= 4 is 82.1 Å². The minimum atomic E-state index is -3.04. The lowest BCUT2D eigenvalue weighted by Gasteiger charge is -2.35. The Hall–Kier alpha value is -6.99. The van der Waals surface area contributed by atoms with Gasteiger partial charge in [0.25, 0.3) is 0 Å². The van der Waals surface area contributed by atoms with Crippen LogP contribution in [-0.2, 0) is 0 Å². The second-order valence-corrected chi connectivity index (χ2v) is 19.2. The smallest absolute Gasteiger partial charge is 0.238 e. The first-order chi connectivity index (χ1) is 28.3. The van der Waals surface area contributed by atoms with Crippen LogP contribution in [-0.4, -0.2) is 27.6 Å². The average Bonchev–Trinajstić information content (AvgIpc) is 3.84. The predicted molar refractivity (Wildman–Crippen MR) is 242 cm³/mol. The van der Waals surface area contributed by atoms with Crippen LogP contribution in [0.15, 0.2) is 206 Å². The lowest BCUT2D eigenvalue weighted by atomic mass is 10.1. The normalized spacial score (nSPS) is 11.9. The van der Waals surface area contributed by atoms with Crippen molar-refractivity contribution in [3.05, 3.63) is 206 Å². The van der Waals surface area contributed by atoms with Gasteiger partial charge in [-0.1, -0.05) is 182 Å². The van der Waals surface area contributed by atoms with Crippen molar-refractivity contribution in [3.8, 4) is 28.7 Å². The molecule has 3 aromatic heterocycles. The Kier molecular flexibility index (Phi) is 7.98. The summed E-state index contributed by atoms with van der Waals surface area (Å²) in [6, 6.07) is 74.5. The van der Waals surface area contributed by atoms with Gasteiger partial charge in [-0.15, -0.1) is 11.3 Å². The molecule has 0 fully saturated rings. The Bertz CT molecular complexity index is 3140. The maximum absolute atomic E-state index is 5.25. The van der Waals surface area contributed by atoms with Gasteiger partial charge in [0.15, 0.2) is 19.7 Å². The molecule has 4 nitrogen and oxygen atoms in total. The number of thiophene rings is 1. The second kappa shape index (κ2) is 13.6. The van der Waals surface area contributed by atoms with Crippen LogP contribution in [0.25, 0.3) is 70.7 Å². The van der Waals surface area contributed by atoms with Crippen LogP contribution in [0, 0.1) is 0 Å². The van der Waals surface area contributed by atoms with Crippen LogP contribution in [0.1, 0.15) is 0 Å². The molecule has 0 radical (unpaired) electrons. The van der Waals surface area contributed by atoms with E-state index in [4.69, 9.17) is 15.0 Å². The van der Waals surface area contributed by atoms with E-state index in [1.165, 1.54) is 46.3 Å². The summed E-state index contributed by atoms with van der Waals surface area (Å²) in [7, 11) is -3.04. The number of benzene rings is 8. The zero-order valence-electron chi connectivity index (χ0n) is 30.8. The number of fused-ring (bicyclic) bond motifs is 6. The number of aromatic nitrogens is 4. The molecule has 0 aliphatic carbocycles. The summed E-state index contributed by atoms with van der Waals surface area (Å²) in [6.45, 7) is 0. The second-order valence-electron chi connectivity index (χ2n) is 14.4. The number of para-hydroxylation sites is 1. The Morgan fingerprint density at radius 2 is 0.912 bits per heavy atom. The minimum Gasteiger partial charge on any atom is -0.278 e. The molecule has 0 aliphatic heterocycles. The summed E-state index contributed by atoms with van der Waals surface area (Å²) < 4.78 is 4.86. The lowest BCUT2D eigenvalue weighted by molar-refractivity contribution is 0.953. The summed E-state index contributed by atoms with van der Waals surface area (Å²) in [6.07, 6.45) is 0. The first-order valence-corrected chi connectivity index (χ1v) is 22.0. The SMILES string of the molecule is c1ccc(-c2nc(-c3ccccc3)nc(-n3c4ccccc4c4c([Si](c5ccccc5)(c5ccccc5)c5ccc6sc7ccccc7c6c5)cccc43)n2)cc1. The van der Waals surface area contributed by atoms with Crippen LogP contribution in [0.3, 0.4) is 0 Å². The van der Waals surface area contributed by atoms with Gasteiger partial charge in [-0.05, 0) is 45.0 Å². The predicted octanol–water partition coefficient (Wildman–Crippen LogP) is 10.0. The molecule has 0 saturated carbocycles. The molecule has 6 heteroatoms. The molecule has 3 heterocycles. The van der Waals surface area contributed by atoms with E-state index in [0.29, 0.717) is 17.6 Å². The molecule has 0 unspecified atom stereocenters. The van der Waals surface area contributed by atoms with Crippen molar-refractivity contribution in [2.24, 2.45) is 0 Å². The minimum absolute atomic E-state index is 0.587. The van der Waals surface area contributed by atoms with Crippen molar-refractivity contribution in [2.75, 3.05) is 0 Å². The summed E-state index contributed by atoms with van der Waals surface area (Å²) in [4.78, 5) is 15.5. The fourth-order valence-corrected chi connectivity index (χ4v) is 14.8. The Morgan fingerprint density at radius 1 is 0.386 bits per heavy atom. The van der Waals surface area contributed by atoms with Crippen molar-refractivity contribution in [2.45, 2.75) is 0 Å². The summed E-state index contributed by atoms with van der Waals surface area (Å²) in [5.74, 6) is 1.86. The van der Waals surface area contributed by atoms with Crippen molar-refractivity contribution in [1.82, 2.24) is 19.5 Å². The maximum atomic E-state index is 5.25. The van der Waals surface area contributed by atoms with Gasteiger partial charge in [0.1, 0.15) is 0 Å². The highest BCUT2D eigenvalue weighted by molar-refractivity contribution is 7.26. The van der Waals surface area contributed by atoms with Gasteiger partial charge >= 0.3 is 0 Å². The fourth-order valence-electron chi connectivity index (χ4n) is 8.75. The molecule has 0 spiro atoms. The van der Waals surface area contributed by atoms with Crippen LogP contribution in [0.2, 0.25) is 0 Å². The van der Waals surface area contributed by atoms with Crippen LogP contribution >= 0.6 is 11.3 Å². The third-order valence-electron chi connectivity index (χ3n) is 11.2. The van der Waals surface area contributed by atoms with E-state index in [0.717, 1.165) is 27.5 Å². The molecule has 57 heavy (non-hydrogen) atoms. The Labute approximate surface area is 335 Å². The molecule has 0 bridgehead atoms. The van der Waals surface area contributed by atoms with Crippen molar-refractivity contribution in [3.63, 3.8) is 0 Å². The molecule has 11 aromatic rings. The van der Waals surface area contributed by atoms with E-state index in [9.17, 15) is 0 Å². The molecule has 0 atom stereocenters. The third-order valence-corrected chi connectivity index (χ3v) is 17.2. The van der Waals surface area contributed by atoms with E-state index in [2.05, 4.69) is 174 Å². The van der Waals surface area contributed by atoms with E-state index in [1.54, 1.807) is 0 Å². The number of hydrogen-bond donors (Lipinski definition) is 0. The molecule has 0 saturated heterocycles. The molecular weight excluding hydrogens is 729 g/mol. The van der Waals surface area contributed by atoms with Crippen LogP contribution in [0.4, 0.5) is 0 Å². The number of nitrogens with zero attached hydrogens (tertiary/aromatic N) is 4. The zero-order chi connectivity index (χ0) is 37.8. The monoisotopic (exact) mass is 762 g/mol. The van der Waals surface area contributed by atoms with Gasteiger partial charge in [0, 0.05) is 42.1 Å². The molecule has 0 aliphatic rings. The summed E-state index contributed by atoms with van der Waals surface area (Å²) in [5.41, 5.74) is 3.99. The van der Waals surface area contributed by atoms with Gasteiger partial charge in [0.2, 0.25) is 5.95 Å². The van der Waals surface area contributed by atoms with Gasteiger partial charge in [-0.25, -0.2) is 4.98 Å². The molecule has 268 valence electrons. The summed E-state index contributed by atoms with van der Waals surface area (Å²) in [5, 5.41) is 10.3. The standard InChI is InChI=1S/C51H34N4SSi/c1-5-18-35(19-6-1)49-52-50(36-20-7-2-8-21-36)54-51(53-49)55-43-28-15-13-27-41(43)48-44(55)29-17-31-47(48)57(37-22-9-3-10-23-37,38-24-11-4-12-25-38)39-32-33-46-42(34-39)40-26-14-16-30-45(40)56-46/h1-34H. The van der Waals surface area contributed by atoms with Gasteiger partial charge in [-0.2, -0.15) is 9.97 Å². The maximum Gasteiger partial charge on any atom is 0.238 e. The van der Waals surface area contributed by atoms with E-state index in [1.807, 2.05) is 47.7 Å². The Morgan fingerprint density at radius 3 is 1.56 bits per heavy atom. The first kappa shape index (κ1) is 33.4. The quantitative estimate of drug-likeness (QED) is 0.120. The first-order valence-electron chi connectivity index (χ1n) is 19.2. The highest BCUT2D eigenvalue weighted by atomic mass is 32.1. The van der Waals surface area contributed by atoms with E-state index < -0.39 is 8.07 Å². The Balaban J connectivity index is 1.27. The molecule has 8 aromatic carbocycles. The van der Waals surface area contributed by atoms with Crippen molar-refractivity contribution in [1.29, 1.82) is 0 Å². The van der Waals surface area contributed by atoms with Gasteiger partial charge in [0.05, 0.1) is 11.0 Å². The molecule has 0 amide bonds. The van der Waals surface area contributed by atoms with Crippen molar-refractivity contribution < 1.29 is 0 Å². The van der Waals surface area contributed by atoms with E-state index >= 15 is 0 Å². The number of hydrogen-bond acceptors (Lipinski definition) is 4. The highest BCUT2D eigenvalue weighted by Crippen LogP contribution is 2.35. The topological polar surface area (TPSA) is 43.6 Å². The molecular formula is C51H34N4SSi. The third kappa shape index (κ3) is 5.37. The van der Waals surface area contributed by atoms with Crippen LogP contribution < -0.4 is 20.7 Å². The van der Waals surface area contributed by atoms with Crippen LogP contribution in [0.5, 0.6) is 0 Å². The van der Waals surface area contributed by atoms with E-state index in [-0.39, 0.29) is 0 Å². The zero-order valence-corrected chi connectivity index (χ0v) is 32.6. The highest BCUT2D eigenvalue weighted by Gasteiger charge is 2.43. The lowest BCUT2D eigenvalue weighted by Crippen LogP contribution is -2.74. The average molecular weight is 763 g/mol. The molecule has 0 N–H and O–H groups in total. The molecule has 11 rings (SSSR count).